The molecule has 1 aromatic carbocycles. The van der Waals surface area contributed by atoms with Gasteiger partial charge >= 0.3 is 0 Å². The molecule has 7 heteroatoms. The van der Waals surface area contributed by atoms with E-state index in [1.54, 1.807) is 0 Å². The summed E-state index contributed by atoms with van der Waals surface area (Å²) in [5.74, 6) is -1.62. The Morgan fingerprint density at radius 1 is 1.32 bits per heavy atom. The van der Waals surface area contributed by atoms with Crippen LogP contribution in [0.15, 0.2) is 27.3 Å². The van der Waals surface area contributed by atoms with E-state index in [1.165, 1.54) is 10.9 Å². The Morgan fingerprint density at radius 3 is 2.42 bits per heavy atom. The van der Waals surface area contributed by atoms with Crippen molar-refractivity contribution >= 4 is 31.9 Å². The second-order valence-corrected chi connectivity index (χ2v) is 5.65. The first kappa shape index (κ1) is 14.6. The minimum absolute atomic E-state index is 0.279. The van der Waals surface area contributed by atoms with E-state index in [-0.39, 0.29) is 10.0 Å². The summed E-state index contributed by atoms with van der Waals surface area (Å²) >= 11 is 6.22. The van der Waals surface area contributed by atoms with Crippen molar-refractivity contribution < 1.29 is 13.9 Å². The fourth-order valence-corrected chi connectivity index (χ4v) is 2.76. The zero-order chi connectivity index (χ0) is 14.2. The zero-order valence-electron chi connectivity index (χ0n) is 9.87. The third-order valence-electron chi connectivity index (χ3n) is 2.71. The van der Waals surface area contributed by atoms with Gasteiger partial charge in [-0.2, -0.15) is 5.10 Å². The molecule has 3 nitrogen and oxygen atoms in total. The van der Waals surface area contributed by atoms with Crippen LogP contribution in [0.5, 0.6) is 0 Å². The van der Waals surface area contributed by atoms with E-state index < -0.39 is 17.7 Å². The van der Waals surface area contributed by atoms with Crippen LogP contribution in [0.2, 0.25) is 0 Å². The van der Waals surface area contributed by atoms with Crippen LogP contribution < -0.4 is 0 Å². The highest BCUT2D eigenvalue weighted by Gasteiger charge is 2.25. The molecule has 2 rings (SSSR count). The number of benzene rings is 1. The van der Waals surface area contributed by atoms with Gasteiger partial charge in [-0.25, -0.2) is 8.78 Å². The van der Waals surface area contributed by atoms with E-state index in [0.717, 1.165) is 12.1 Å². The van der Waals surface area contributed by atoms with E-state index in [0.29, 0.717) is 16.7 Å². The van der Waals surface area contributed by atoms with Crippen molar-refractivity contribution in [1.82, 2.24) is 9.78 Å². The van der Waals surface area contributed by atoms with E-state index in [2.05, 4.69) is 37.0 Å². The predicted octanol–water partition coefficient (Wildman–Crippen LogP) is 3.79. The molecule has 0 radical (unpaired) electrons. The molecule has 1 N–H and O–H groups in total. The maximum atomic E-state index is 13.8. The highest BCUT2D eigenvalue weighted by Crippen LogP contribution is 2.32. The highest BCUT2D eigenvalue weighted by molar-refractivity contribution is 9.10. The first-order valence-corrected chi connectivity index (χ1v) is 7.08. The fraction of sp³-hybridized carbons (Fsp3) is 0.250. The lowest BCUT2D eigenvalue weighted by Crippen LogP contribution is -2.12. The summed E-state index contributed by atoms with van der Waals surface area (Å²) in [6.07, 6.45) is 0.0569. The molecule has 0 aliphatic heterocycles. The molecule has 0 saturated carbocycles. The Labute approximate surface area is 125 Å². The summed E-state index contributed by atoms with van der Waals surface area (Å²) in [6.45, 7) is 2.31. The second-order valence-electron chi connectivity index (χ2n) is 3.88. The molecule has 0 spiro atoms. The highest BCUT2D eigenvalue weighted by atomic mass is 79.9. The lowest BCUT2D eigenvalue weighted by Gasteiger charge is -2.15. The number of aliphatic hydroxyl groups excluding tert-OH is 1. The molecule has 0 amide bonds. The van der Waals surface area contributed by atoms with Crippen LogP contribution in [-0.2, 0) is 6.54 Å². The van der Waals surface area contributed by atoms with Gasteiger partial charge in [0.15, 0.2) is 0 Å². The van der Waals surface area contributed by atoms with Crippen LogP contribution in [0.1, 0.15) is 24.3 Å². The van der Waals surface area contributed by atoms with Crippen LogP contribution in [0.25, 0.3) is 0 Å². The molecule has 0 bridgehead atoms. The smallest absolute Gasteiger partial charge is 0.133 e. The van der Waals surface area contributed by atoms with Gasteiger partial charge in [0.1, 0.15) is 17.7 Å². The SMILES string of the molecule is CCn1ncc(Br)c1C(O)c1c(F)cc(Br)cc1F. The number of aryl methyl sites for hydroxylation is 1. The number of halogens is 4. The third kappa shape index (κ3) is 2.73. The maximum Gasteiger partial charge on any atom is 0.133 e. The molecule has 0 saturated heterocycles. The second kappa shape index (κ2) is 5.68. The van der Waals surface area contributed by atoms with Crippen molar-refractivity contribution in [2.24, 2.45) is 0 Å². The van der Waals surface area contributed by atoms with E-state index in [4.69, 9.17) is 0 Å². The van der Waals surface area contributed by atoms with Gasteiger partial charge in [-0.3, -0.25) is 4.68 Å². The van der Waals surface area contributed by atoms with Crippen molar-refractivity contribution in [1.29, 1.82) is 0 Å². The van der Waals surface area contributed by atoms with Crippen molar-refractivity contribution in [3.63, 3.8) is 0 Å². The standard InChI is InChI=1S/C12H10Br2F2N2O/c1-2-18-11(7(14)5-17-18)12(19)10-8(15)3-6(13)4-9(10)16/h3-5,12,19H,2H2,1H3. The first-order valence-electron chi connectivity index (χ1n) is 5.49. The van der Waals surface area contributed by atoms with E-state index in [9.17, 15) is 13.9 Å². The molecule has 2 aromatic rings. The van der Waals surface area contributed by atoms with Crippen molar-refractivity contribution in [3.8, 4) is 0 Å². The van der Waals surface area contributed by atoms with Gasteiger partial charge in [0.05, 0.1) is 21.9 Å². The summed E-state index contributed by atoms with van der Waals surface area (Å²) in [6, 6.07) is 2.23. The minimum atomic E-state index is -1.43. The van der Waals surface area contributed by atoms with Gasteiger partial charge < -0.3 is 5.11 Å². The predicted molar refractivity (Wildman–Crippen MR) is 73.7 cm³/mol. The Balaban J connectivity index is 2.56. The molecule has 1 heterocycles. The number of nitrogens with zero attached hydrogens (tertiary/aromatic N) is 2. The number of hydrogen-bond donors (Lipinski definition) is 1. The van der Waals surface area contributed by atoms with Gasteiger partial charge in [0.25, 0.3) is 0 Å². The van der Waals surface area contributed by atoms with Gasteiger partial charge in [-0.05, 0) is 35.0 Å². The molecule has 19 heavy (non-hydrogen) atoms. The summed E-state index contributed by atoms with van der Waals surface area (Å²) in [7, 11) is 0. The molecular formula is C12H10Br2F2N2O. The Bertz CT molecular complexity index is 593. The molecule has 1 unspecified atom stereocenters. The normalized spacial score (nSPS) is 12.7. The van der Waals surface area contributed by atoms with Crippen LogP contribution in [-0.4, -0.2) is 14.9 Å². The summed E-state index contributed by atoms with van der Waals surface area (Å²) in [5.41, 5.74) is -0.0678. The molecule has 1 aromatic heterocycles. The van der Waals surface area contributed by atoms with Gasteiger partial charge in [-0.15, -0.1) is 0 Å². The number of rotatable bonds is 3. The number of aromatic nitrogens is 2. The van der Waals surface area contributed by atoms with Gasteiger partial charge in [0, 0.05) is 11.0 Å². The maximum absolute atomic E-state index is 13.8. The summed E-state index contributed by atoms with van der Waals surface area (Å²) in [4.78, 5) is 0. The van der Waals surface area contributed by atoms with Gasteiger partial charge in [0.2, 0.25) is 0 Å². The molecule has 0 aliphatic rings. The van der Waals surface area contributed by atoms with Crippen LogP contribution in [0, 0.1) is 11.6 Å². The average molecular weight is 396 g/mol. The van der Waals surface area contributed by atoms with Crippen molar-refractivity contribution in [2.75, 3.05) is 0 Å². The number of hydrogen-bond acceptors (Lipinski definition) is 2. The van der Waals surface area contributed by atoms with Crippen molar-refractivity contribution in [2.45, 2.75) is 19.6 Å². The lowest BCUT2D eigenvalue weighted by molar-refractivity contribution is 0.196. The van der Waals surface area contributed by atoms with Crippen LogP contribution >= 0.6 is 31.9 Å². The monoisotopic (exact) mass is 394 g/mol. The first-order chi connectivity index (χ1) is 8.95. The average Bonchev–Trinajstić information content (AvgIpc) is 2.68. The molecule has 0 aliphatic carbocycles. The van der Waals surface area contributed by atoms with E-state index in [1.807, 2.05) is 6.92 Å². The molecule has 1 atom stereocenters. The topological polar surface area (TPSA) is 38.0 Å². The van der Waals surface area contributed by atoms with Crippen molar-refractivity contribution in [3.05, 3.63) is 50.2 Å². The summed E-state index contributed by atoms with van der Waals surface area (Å²) in [5, 5.41) is 14.3. The Hall–Kier alpha value is -0.790. The zero-order valence-corrected chi connectivity index (χ0v) is 13.0. The largest absolute Gasteiger partial charge is 0.382 e. The fourth-order valence-electron chi connectivity index (χ4n) is 1.85. The van der Waals surface area contributed by atoms with Gasteiger partial charge in [-0.1, -0.05) is 15.9 Å². The lowest BCUT2D eigenvalue weighted by atomic mass is 10.1. The molecular weight excluding hydrogens is 386 g/mol. The minimum Gasteiger partial charge on any atom is -0.382 e. The quantitative estimate of drug-likeness (QED) is 0.858. The van der Waals surface area contributed by atoms with Crippen LogP contribution in [0.3, 0.4) is 0 Å². The molecule has 0 fully saturated rings. The van der Waals surface area contributed by atoms with Crippen LogP contribution in [0.4, 0.5) is 8.78 Å². The third-order valence-corrected chi connectivity index (χ3v) is 3.78. The molecule has 102 valence electrons. The Kier molecular flexibility index (Phi) is 4.37. The summed E-state index contributed by atoms with van der Waals surface area (Å²) < 4.78 is 30.0. The van der Waals surface area contributed by atoms with E-state index >= 15 is 0 Å². The Morgan fingerprint density at radius 2 is 1.89 bits per heavy atom. The number of aliphatic hydroxyl groups is 1.